The molecule has 1 aliphatic heterocycles. The lowest BCUT2D eigenvalue weighted by Crippen LogP contribution is -2.47. The van der Waals surface area contributed by atoms with E-state index < -0.39 is 6.04 Å². The highest BCUT2D eigenvalue weighted by atomic mass is 16.5. The van der Waals surface area contributed by atoms with Crippen LogP contribution in [0.15, 0.2) is 24.3 Å². The maximum atomic E-state index is 12.7. The van der Waals surface area contributed by atoms with Gasteiger partial charge in [-0.1, -0.05) is 19.8 Å². The summed E-state index contributed by atoms with van der Waals surface area (Å²) in [6, 6.07) is 6.97. The van der Waals surface area contributed by atoms with Gasteiger partial charge in [-0.2, -0.15) is 0 Å². The zero-order chi connectivity index (χ0) is 16.4. The van der Waals surface area contributed by atoms with Crippen LogP contribution in [-0.4, -0.2) is 31.0 Å². The van der Waals surface area contributed by atoms with Gasteiger partial charge in [0.05, 0.1) is 25.3 Å². The molecule has 1 saturated heterocycles. The van der Waals surface area contributed by atoms with Crippen molar-refractivity contribution < 1.29 is 14.3 Å². The standard InChI is InChI=1S/C18H24N2O3/c1-12-5-3-4-6-15(12)19-16-11-17(21)20(18(16)22)13-7-9-14(23-2)10-8-13/h7-10,12,15-16,19H,3-6,11H2,1-2H3/t12-,15+,16-/m1/s1. The number of amides is 2. The third kappa shape index (κ3) is 3.24. The number of anilines is 1. The van der Waals surface area contributed by atoms with E-state index in [1.807, 2.05) is 0 Å². The van der Waals surface area contributed by atoms with Crippen LogP contribution in [-0.2, 0) is 9.59 Å². The molecule has 1 aromatic rings. The fraction of sp³-hybridized carbons (Fsp3) is 0.556. The van der Waals surface area contributed by atoms with Crippen molar-refractivity contribution in [2.75, 3.05) is 12.0 Å². The van der Waals surface area contributed by atoms with E-state index in [4.69, 9.17) is 4.74 Å². The minimum atomic E-state index is -0.393. The molecule has 0 aromatic heterocycles. The highest BCUT2D eigenvalue weighted by Crippen LogP contribution is 2.28. The SMILES string of the molecule is COc1ccc(N2C(=O)C[C@@H](N[C@H]3CCCC[C@H]3C)C2=O)cc1. The lowest BCUT2D eigenvalue weighted by atomic mass is 9.85. The maximum Gasteiger partial charge on any atom is 0.251 e. The van der Waals surface area contributed by atoms with E-state index in [2.05, 4.69) is 12.2 Å². The van der Waals surface area contributed by atoms with E-state index >= 15 is 0 Å². The second kappa shape index (κ2) is 6.71. The molecule has 1 saturated carbocycles. The van der Waals surface area contributed by atoms with E-state index in [-0.39, 0.29) is 18.2 Å². The fourth-order valence-electron chi connectivity index (χ4n) is 3.59. The minimum absolute atomic E-state index is 0.138. The Kier molecular flexibility index (Phi) is 4.66. The molecule has 5 nitrogen and oxygen atoms in total. The largest absolute Gasteiger partial charge is 0.497 e. The highest BCUT2D eigenvalue weighted by molar-refractivity contribution is 6.22. The Hall–Kier alpha value is -1.88. The molecule has 0 bridgehead atoms. The molecule has 1 N–H and O–H groups in total. The first-order valence-corrected chi connectivity index (χ1v) is 8.37. The number of methoxy groups -OCH3 is 1. The molecule has 1 heterocycles. The molecule has 1 aliphatic carbocycles. The van der Waals surface area contributed by atoms with Gasteiger partial charge in [-0.15, -0.1) is 0 Å². The number of benzene rings is 1. The Morgan fingerprint density at radius 1 is 1.13 bits per heavy atom. The van der Waals surface area contributed by atoms with Gasteiger partial charge in [-0.25, -0.2) is 4.90 Å². The van der Waals surface area contributed by atoms with Crippen molar-refractivity contribution in [2.45, 2.75) is 51.1 Å². The van der Waals surface area contributed by atoms with Crippen LogP contribution in [0.25, 0.3) is 0 Å². The summed E-state index contributed by atoms with van der Waals surface area (Å²) < 4.78 is 5.12. The summed E-state index contributed by atoms with van der Waals surface area (Å²) in [6.45, 7) is 2.22. The Balaban J connectivity index is 1.71. The Morgan fingerprint density at radius 3 is 2.48 bits per heavy atom. The van der Waals surface area contributed by atoms with Gasteiger partial charge >= 0.3 is 0 Å². The van der Waals surface area contributed by atoms with Crippen LogP contribution >= 0.6 is 0 Å². The lowest BCUT2D eigenvalue weighted by molar-refractivity contribution is -0.121. The van der Waals surface area contributed by atoms with Gasteiger partial charge < -0.3 is 10.1 Å². The van der Waals surface area contributed by atoms with Crippen LogP contribution in [0.1, 0.15) is 39.0 Å². The average molecular weight is 316 g/mol. The summed E-state index contributed by atoms with van der Waals surface area (Å²) in [6.07, 6.45) is 4.97. The highest BCUT2D eigenvalue weighted by Gasteiger charge is 2.41. The molecule has 3 atom stereocenters. The van der Waals surface area contributed by atoms with Crippen molar-refractivity contribution in [3.63, 3.8) is 0 Å². The van der Waals surface area contributed by atoms with Crippen LogP contribution in [0.3, 0.4) is 0 Å². The van der Waals surface area contributed by atoms with Gasteiger partial charge in [-0.05, 0) is 43.0 Å². The molecule has 2 fully saturated rings. The number of hydrogen-bond donors (Lipinski definition) is 1. The number of nitrogens with one attached hydrogen (secondary N) is 1. The summed E-state index contributed by atoms with van der Waals surface area (Å²) in [7, 11) is 1.59. The Labute approximate surface area is 137 Å². The lowest BCUT2D eigenvalue weighted by Gasteiger charge is -2.31. The van der Waals surface area contributed by atoms with Crippen molar-refractivity contribution in [2.24, 2.45) is 5.92 Å². The number of rotatable bonds is 4. The number of nitrogens with zero attached hydrogens (tertiary/aromatic N) is 1. The van der Waals surface area contributed by atoms with Gasteiger partial charge in [0.25, 0.3) is 5.91 Å². The number of carbonyl (C=O) groups is 2. The molecule has 3 rings (SSSR count). The predicted octanol–water partition coefficient (Wildman–Crippen LogP) is 2.50. The molecule has 124 valence electrons. The smallest absolute Gasteiger partial charge is 0.251 e. The summed E-state index contributed by atoms with van der Waals surface area (Å²) in [4.78, 5) is 26.3. The third-order valence-corrected chi connectivity index (χ3v) is 5.00. The fourth-order valence-corrected chi connectivity index (χ4v) is 3.59. The zero-order valence-electron chi connectivity index (χ0n) is 13.7. The first kappa shape index (κ1) is 16.0. The Morgan fingerprint density at radius 2 is 1.83 bits per heavy atom. The van der Waals surface area contributed by atoms with Crippen LogP contribution in [0.5, 0.6) is 5.75 Å². The van der Waals surface area contributed by atoms with Crippen LogP contribution in [0, 0.1) is 5.92 Å². The predicted molar refractivity (Wildman–Crippen MR) is 88.4 cm³/mol. The molecule has 1 aromatic carbocycles. The second-order valence-corrected chi connectivity index (χ2v) is 6.56. The maximum absolute atomic E-state index is 12.7. The molecule has 0 spiro atoms. The van der Waals surface area contributed by atoms with Crippen molar-refractivity contribution in [3.8, 4) is 5.75 Å². The molecule has 0 radical (unpaired) electrons. The molecule has 2 aliphatic rings. The summed E-state index contributed by atoms with van der Waals surface area (Å²) >= 11 is 0. The number of hydrogen-bond acceptors (Lipinski definition) is 4. The first-order chi connectivity index (χ1) is 11.1. The number of ether oxygens (including phenoxy) is 1. The topological polar surface area (TPSA) is 58.6 Å². The van der Waals surface area contributed by atoms with E-state index in [1.165, 1.54) is 24.2 Å². The number of imide groups is 1. The molecular weight excluding hydrogens is 292 g/mol. The van der Waals surface area contributed by atoms with E-state index in [0.29, 0.717) is 23.4 Å². The summed E-state index contributed by atoms with van der Waals surface area (Å²) in [5.74, 6) is 0.985. The second-order valence-electron chi connectivity index (χ2n) is 6.56. The van der Waals surface area contributed by atoms with Gasteiger partial charge in [0.1, 0.15) is 5.75 Å². The minimum Gasteiger partial charge on any atom is -0.497 e. The molecular formula is C18H24N2O3. The molecule has 0 unspecified atom stereocenters. The quantitative estimate of drug-likeness (QED) is 0.867. The summed E-state index contributed by atoms with van der Waals surface area (Å²) in [5, 5.41) is 3.43. The van der Waals surface area contributed by atoms with Gasteiger partial charge in [0.2, 0.25) is 5.91 Å². The first-order valence-electron chi connectivity index (χ1n) is 8.37. The monoisotopic (exact) mass is 316 g/mol. The third-order valence-electron chi connectivity index (χ3n) is 5.00. The van der Waals surface area contributed by atoms with Crippen LogP contribution in [0.4, 0.5) is 5.69 Å². The molecule has 2 amide bonds. The summed E-state index contributed by atoms with van der Waals surface area (Å²) in [5.41, 5.74) is 0.613. The van der Waals surface area contributed by atoms with Gasteiger partial charge in [-0.3, -0.25) is 9.59 Å². The van der Waals surface area contributed by atoms with Crippen molar-refractivity contribution in [1.82, 2.24) is 5.32 Å². The average Bonchev–Trinajstić information content (AvgIpc) is 2.84. The van der Waals surface area contributed by atoms with Gasteiger partial charge in [0.15, 0.2) is 0 Å². The molecule has 23 heavy (non-hydrogen) atoms. The van der Waals surface area contributed by atoms with E-state index in [9.17, 15) is 9.59 Å². The zero-order valence-corrected chi connectivity index (χ0v) is 13.7. The van der Waals surface area contributed by atoms with E-state index in [1.54, 1.807) is 31.4 Å². The van der Waals surface area contributed by atoms with Crippen molar-refractivity contribution >= 4 is 17.5 Å². The number of carbonyl (C=O) groups excluding carboxylic acids is 2. The van der Waals surface area contributed by atoms with Crippen LogP contribution in [0.2, 0.25) is 0 Å². The molecule has 5 heteroatoms. The Bertz CT molecular complexity index is 584. The van der Waals surface area contributed by atoms with Crippen LogP contribution < -0.4 is 15.0 Å². The van der Waals surface area contributed by atoms with E-state index in [0.717, 1.165) is 6.42 Å². The normalized spacial score (nSPS) is 28.3. The van der Waals surface area contributed by atoms with Crippen molar-refractivity contribution in [1.29, 1.82) is 0 Å². The van der Waals surface area contributed by atoms with Crippen molar-refractivity contribution in [3.05, 3.63) is 24.3 Å². The van der Waals surface area contributed by atoms with Gasteiger partial charge in [0, 0.05) is 6.04 Å².